The van der Waals surface area contributed by atoms with Crippen LogP contribution in [0.4, 0.5) is 4.79 Å². The number of ether oxygens (including phenoxy) is 1. The predicted octanol–water partition coefficient (Wildman–Crippen LogP) is 5.01. The number of aromatic amines is 1. The zero-order chi connectivity index (χ0) is 23.2. The summed E-state index contributed by atoms with van der Waals surface area (Å²) in [7, 11) is 1.65. The van der Waals surface area contributed by atoms with Crippen molar-refractivity contribution in [2.24, 2.45) is 0 Å². The Labute approximate surface area is 194 Å². The van der Waals surface area contributed by atoms with E-state index in [9.17, 15) is 4.79 Å². The molecule has 0 radical (unpaired) electrons. The molecule has 0 fully saturated rings. The Morgan fingerprint density at radius 3 is 2.61 bits per heavy atom. The fourth-order valence-electron chi connectivity index (χ4n) is 3.94. The first-order valence-electron chi connectivity index (χ1n) is 11.2. The summed E-state index contributed by atoms with van der Waals surface area (Å²) in [6.45, 7) is 4.74. The quantitative estimate of drug-likeness (QED) is 0.359. The highest BCUT2D eigenvalue weighted by Crippen LogP contribution is 2.21. The summed E-state index contributed by atoms with van der Waals surface area (Å²) < 4.78 is 5.26. The van der Waals surface area contributed by atoms with E-state index in [0.717, 1.165) is 34.6 Å². The number of rotatable bonds is 8. The van der Waals surface area contributed by atoms with Gasteiger partial charge in [-0.05, 0) is 67.6 Å². The molecule has 3 N–H and O–H groups in total. The van der Waals surface area contributed by atoms with Crippen molar-refractivity contribution in [1.82, 2.24) is 20.6 Å². The van der Waals surface area contributed by atoms with E-state index in [0.29, 0.717) is 13.0 Å². The Morgan fingerprint density at radius 1 is 1.06 bits per heavy atom. The lowest BCUT2D eigenvalue weighted by molar-refractivity contribution is 0.236. The Morgan fingerprint density at radius 2 is 1.85 bits per heavy atom. The van der Waals surface area contributed by atoms with Gasteiger partial charge in [0.15, 0.2) is 0 Å². The molecule has 170 valence electrons. The number of methoxy groups -OCH3 is 1. The molecule has 0 saturated carbocycles. The van der Waals surface area contributed by atoms with Gasteiger partial charge in [0.25, 0.3) is 0 Å². The van der Waals surface area contributed by atoms with E-state index < -0.39 is 0 Å². The molecule has 33 heavy (non-hydrogen) atoms. The molecule has 1 heterocycles. The van der Waals surface area contributed by atoms with Gasteiger partial charge in [-0.1, -0.05) is 48.0 Å². The fourth-order valence-corrected chi connectivity index (χ4v) is 3.94. The number of para-hydroxylation sites is 2. The molecule has 4 aromatic rings. The summed E-state index contributed by atoms with van der Waals surface area (Å²) in [6.07, 6.45) is 1.39. The largest absolute Gasteiger partial charge is 0.497 e. The summed E-state index contributed by atoms with van der Waals surface area (Å²) in [5.41, 5.74) is 6.62. The van der Waals surface area contributed by atoms with Crippen molar-refractivity contribution in [1.29, 1.82) is 0 Å². The first-order chi connectivity index (χ1) is 16.0. The second-order valence-electron chi connectivity index (χ2n) is 8.32. The summed E-state index contributed by atoms with van der Waals surface area (Å²) in [4.78, 5) is 20.9. The minimum Gasteiger partial charge on any atom is -0.497 e. The molecule has 3 aromatic carbocycles. The van der Waals surface area contributed by atoms with Crippen LogP contribution in [0.1, 0.15) is 34.1 Å². The zero-order valence-corrected chi connectivity index (χ0v) is 19.3. The van der Waals surface area contributed by atoms with Crippen LogP contribution >= 0.6 is 0 Å². The topological polar surface area (TPSA) is 79.0 Å². The number of carbonyl (C=O) groups excluding carboxylic acids is 1. The zero-order valence-electron chi connectivity index (χ0n) is 19.3. The molecule has 1 unspecified atom stereocenters. The predicted molar refractivity (Wildman–Crippen MR) is 132 cm³/mol. The van der Waals surface area contributed by atoms with Crippen molar-refractivity contribution in [2.45, 2.75) is 32.7 Å². The third kappa shape index (κ3) is 5.71. The molecule has 0 bridgehead atoms. The van der Waals surface area contributed by atoms with E-state index in [4.69, 9.17) is 9.72 Å². The van der Waals surface area contributed by atoms with Crippen LogP contribution in [0.5, 0.6) is 5.75 Å². The standard InChI is InChI=1S/C27H30N4O2/c1-18-8-9-19(2)21(16-18)14-15-28-27(32)31-25(17-20-10-12-22(33-3)13-11-20)26-29-23-6-4-5-7-24(23)30-26/h4-13,16,25H,14-15,17H2,1-3H3,(H,29,30)(H2,28,31,32). The molecule has 1 aromatic heterocycles. The number of fused-ring (bicyclic) bond motifs is 1. The van der Waals surface area contributed by atoms with E-state index in [-0.39, 0.29) is 12.1 Å². The van der Waals surface area contributed by atoms with Gasteiger partial charge in [0.2, 0.25) is 0 Å². The minimum absolute atomic E-state index is 0.209. The molecule has 0 saturated heterocycles. The maximum atomic E-state index is 12.8. The molecule has 4 rings (SSSR count). The highest BCUT2D eigenvalue weighted by molar-refractivity contribution is 5.76. The molecular weight excluding hydrogens is 412 g/mol. The Bertz CT molecular complexity index is 1200. The molecule has 2 amide bonds. The second kappa shape index (κ2) is 10.2. The van der Waals surface area contributed by atoms with E-state index in [2.05, 4.69) is 47.7 Å². The lowest BCUT2D eigenvalue weighted by atomic mass is 10.0. The molecule has 0 aliphatic heterocycles. The van der Waals surface area contributed by atoms with E-state index >= 15 is 0 Å². The maximum Gasteiger partial charge on any atom is 0.315 e. The molecule has 6 nitrogen and oxygen atoms in total. The lowest BCUT2D eigenvalue weighted by Crippen LogP contribution is -2.40. The molecule has 0 spiro atoms. The van der Waals surface area contributed by atoms with Gasteiger partial charge in [-0.2, -0.15) is 0 Å². The molecule has 1 atom stereocenters. The van der Waals surface area contributed by atoms with Gasteiger partial charge in [0.1, 0.15) is 11.6 Å². The number of H-pyrrole nitrogens is 1. The van der Waals surface area contributed by atoms with Gasteiger partial charge in [-0.3, -0.25) is 0 Å². The number of nitrogens with one attached hydrogen (secondary N) is 3. The highest BCUT2D eigenvalue weighted by atomic mass is 16.5. The highest BCUT2D eigenvalue weighted by Gasteiger charge is 2.19. The fraction of sp³-hybridized carbons (Fsp3) is 0.259. The molecule has 0 aliphatic rings. The number of carbonyl (C=O) groups is 1. The first kappa shape index (κ1) is 22.4. The number of urea groups is 1. The monoisotopic (exact) mass is 442 g/mol. The number of aryl methyl sites for hydroxylation is 2. The van der Waals surface area contributed by atoms with Gasteiger partial charge in [0.05, 0.1) is 24.2 Å². The number of amides is 2. The minimum atomic E-state index is -0.300. The third-order valence-electron chi connectivity index (χ3n) is 5.83. The number of aromatic nitrogens is 2. The van der Waals surface area contributed by atoms with Crippen LogP contribution in [0.15, 0.2) is 66.7 Å². The Kier molecular flexibility index (Phi) is 6.93. The molecule has 6 heteroatoms. The number of nitrogens with zero attached hydrogens (tertiary/aromatic N) is 1. The van der Waals surface area contributed by atoms with Gasteiger partial charge in [0, 0.05) is 6.54 Å². The summed E-state index contributed by atoms with van der Waals surface area (Å²) in [5, 5.41) is 6.11. The average Bonchev–Trinajstić information content (AvgIpc) is 3.26. The summed E-state index contributed by atoms with van der Waals surface area (Å²) >= 11 is 0. The van der Waals surface area contributed by atoms with Gasteiger partial charge in [-0.25, -0.2) is 9.78 Å². The molecular formula is C27H30N4O2. The average molecular weight is 443 g/mol. The number of benzene rings is 3. The Hall–Kier alpha value is -3.80. The van der Waals surface area contributed by atoms with Crippen LogP contribution in [-0.4, -0.2) is 29.7 Å². The van der Waals surface area contributed by atoms with Crippen LogP contribution < -0.4 is 15.4 Å². The van der Waals surface area contributed by atoms with Crippen LogP contribution in [0, 0.1) is 13.8 Å². The van der Waals surface area contributed by atoms with Crippen molar-refractivity contribution < 1.29 is 9.53 Å². The third-order valence-corrected chi connectivity index (χ3v) is 5.83. The maximum absolute atomic E-state index is 12.8. The lowest BCUT2D eigenvalue weighted by Gasteiger charge is -2.18. The van der Waals surface area contributed by atoms with Crippen molar-refractivity contribution in [2.75, 3.05) is 13.7 Å². The number of hydrogen-bond donors (Lipinski definition) is 3. The SMILES string of the molecule is COc1ccc(CC(NC(=O)NCCc2cc(C)ccc2C)c2nc3ccccc3[nH]2)cc1. The van der Waals surface area contributed by atoms with Crippen molar-refractivity contribution >= 4 is 17.1 Å². The van der Waals surface area contributed by atoms with Crippen LogP contribution in [0.25, 0.3) is 11.0 Å². The van der Waals surface area contributed by atoms with Gasteiger partial charge < -0.3 is 20.4 Å². The van der Waals surface area contributed by atoms with E-state index in [1.54, 1.807) is 7.11 Å². The first-order valence-corrected chi connectivity index (χ1v) is 11.2. The molecule has 0 aliphatic carbocycles. The van der Waals surface area contributed by atoms with E-state index in [1.165, 1.54) is 16.7 Å². The normalized spacial score (nSPS) is 11.8. The van der Waals surface area contributed by atoms with Crippen molar-refractivity contribution in [3.63, 3.8) is 0 Å². The summed E-state index contributed by atoms with van der Waals surface area (Å²) in [5.74, 6) is 1.54. The van der Waals surface area contributed by atoms with Crippen LogP contribution in [-0.2, 0) is 12.8 Å². The van der Waals surface area contributed by atoms with Gasteiger partial charge in [-0.15, -0.1) is 0 Å². The number of imidazole rings is 1. The smallest absolute Gasteiger partial charge is 0.315 e. The van der Waals surface area contributed by atoms with Crippen LogP contribution in [0.2, 0.25) is 0 Å². The van der Waals surface area contributed by atoms with Gasteiger partial charge >= 0.3 is 6.03 Å². The van der Waals surface area contributed by atoms with E-state index in [1.807, 2.05) is 48.5 Å². The Balaban J connectivity index is 1.46. The number of hydrogen-bond acceptors (Lipinski definition) is 3. The van der Waals surface area contributed by atoms with Crippen LogP contribution in [0.3, 0.4) is 0 Å². The van der Waals surface area contributed by atoms with Crippen molar-refractivity contribution in [3.05, 3.63) is 94.8 Å². The second-order valence-corrected chi connectivity index (χ2v) is 8.32. The van der Waals surface area contributed by atoms with Crippen molar-refractivity contribution in [3.8, 4) is 5.75 Å². The summed E-state index contributed by atoms with van der Waals surface area (Å²) in [6, 6.07) is 21.6.